The lowest BCUT2D eigenvalue weighted by molar-refractivity contribution is -0.192. The summed E-state index contributed by atoms with van der Waals surface area (Å²) < 4.78 is 98.7. The highest BCUT2D eigenvalue weighted by Gasteiger charge is 2.38. The number of primary amides is 1. The maximum Gasteiger partial charge on any atom is 0.490 e. The van der Waals surface area contributed by atoms with Gasteiger partial charge in [-0.1, -0.05) is 6.07 Å². The van der Waals surface area contributed by atoms with Crippen LogP contribution in [-0.2, 0) is 30.6 Å². The highest BCUT2D eigenvalue weighted by atomic mass is 32.2. The molecule has 20 heteroatoms. The van der Waals surface area contributed by atoms with Crippen LogP contribution in [0.2, 0.25) is 0 Å². The number of benzene rings is 1. The number of rotatable bonds is 8. The van der Waals surface area contributed by atoms with Crippen molar-refractivity contribution in [3.63, 3.8) is 0 Å². The summed E-state index contributed by atoms with van der Waals surface area (Å²) >= 11 is 0. The SMILES string of the molecule is Cc1ccc(NS(=O)(=O)c2cccc(C(F)(F)F)c2)c(=O)n1C(C(N)=O)C(C)ON=C(N)N.O=C(O)C(F)(F)F. The molecule has 8 N–H and O–H groups in total. The van der Waals surface area contributed by atoms with Gasteiger partial charge >= 0.3 is 18.3 Å². The van der Waals surface area contributed by atoms with Gasteiger partial charge in [0.25, 0.3) is 15.6 Å². The zero-order chi connectivity index (χ0) is 31.2. The number of carboxylic acid groups (broad SMARTS) is 1. The number of anilines is 1. The minimum Gasteiger partial charge on any atom is -0.475 e. The fraction of sp³-hybridized carbons (Fsp3) is 0.300. The Balaban J connectivity index is 0.00000101. The number of nitrogens with zero attached hydrogens (tertiary/aromatic N) is 2. The number of guanidine groups is 1. The first-order chi connectivity index (χ1) is 18.1. The number of carboxylic acids is 1. The normalized spacial score (nSPS) is 13.2. The maximum atomic E-state index is 13.0. The van der Waals surface area contributed by atoms with Crippen LogP contribution >= 0.6 is 0 Å². The van der Waals surface area contributed by atoms with Crippen molar-refractivity contribution in [2.75, 3.05) is 4.72 Å². The van der Waals surface area contributed by atoms with Crippen LogP contribution in [0.25, 0.3) is 0 Å². The molecule has 0 saturated heterocycles. The van der Waals surface area contributed by atoms with E-state index in [-0.39, 0.29) is 5.69 Å². The predicted octanol–water partition coefficient (Wildman–Crippen LogP) is 1.23. The first-order valence-corrected chi connectivity index (χ1v) is 11.8. The van der Waals surface area contributed by atoms with E-state index in [1.165, 1.54) is 19.9 Å². The quantitative estimate of drug-likeness (QED) is 0.126. The predicted molar refractivity (Wildman–Crippen MR) is 126 cm³/mol. The molecule has 0 aliphatic rings. The Labute approximate surface area is 221 Å². The molecule has 2 rings (SSSR count). The number of sulfonamides is 1. The summed E-state index contributed by atoms with van der Waals surface area (Å²) in [6.45, 7) is 2.78. The van der Waals surface area contributed by atoms with Gasteiger partial charge < -0.3 is 27.1 Å². The van der Waals surface area contributed by atoms with Crippen molar-refractivity contribution < 1.29 is 54.3 Å². The molecule has 1 aromatic carbocycles. The first-order valence-electron chi connectivity index (χ1n) is 10.4. The molecule has 13 nitrogen and oxygen atoms in total. The molecular weight excluding hydrogens is 582 g/mol. The minimum atomic E-state index is -5.08. The topological polar surface area (TPSA) is 222 Å². The molecule has 1 heterocycles. The van der Waals surface area contributed by atoms with Gasteiger partial charge in [0.2, 0.25) is 11.9 Å². The van der Waals surface area contributed by atoms with Crippen LogP contribution in [0.15, 0.2) is 51.2 Å². The second kappa shape index (κ2) is 12.6. The summed E-state index contributed by atoms with van der Waals surface area (Å²) in [6.07, 6.45) is -11.0. The van der Waals surface area contributed by atoms with Gasteiger partial charge in [-0.25, -0.2) is 13.2 Å². The van der Waals surface area contributed by atoms with E-state index in [1.807, 2.05) is 4.72 Å². The lowest BCUT2D eigenvalue weighted by atomic mass is 10.1. The average molecular weight is 604 g/mol. The fourth-order valence-corrected chi connectivity index (χ4v) is 3.98. The van der Waals surface area contributed by atoms with Crippen molar-refractivity contribution in [3.05, 3.63) is 58.0 Å². The van der Waals surface area contributed by atoms with E-state index in [2.05, 4.69) is 5.16 Å². The zero-order valence-corrected chi connectivity index (χ0v) is 21.1. The lowest BCUT2D eigenvalue weighted by Gasteiger charge is -2.24. The van der Waals surface area contributed by atoms with Crippen molar-refractivity contribution >= 4 is 33.5 Å². The third-order valence-electron chi connectivity index (χ3n) is 4.62. The summed E-state index contributed by atoms with van der Waals surface area (Å²) in [5.41, 5.74) is 13.2. The summed E-state index contributed by atoms with van der Waals surface area (Å²) in [7, 11) is -4.60. The van der Waals surface area contributed by atoms with Gasteiger partial charge in [-0.15, -0.1) is 0 Å². The fourth-order valence-electron chi connectivity index (χ4n) is 2.88. The third-order valence-corrected chi connectivity index (χ3v) is 5.98. The number of carbonyl (C=O) groups excluding carboxylic acids is 1. The van der Waals surface area contributed by atoms with Gasteiger partial charge in [0.1, 0.15) is 5.69 Å². The summed E-state index contributed by atoms with van der Waals surface area (Å²) in [5.74, 6) is -4.24. The smallest absolute Gasteiger partial charge is 0.475 e. The minimum absolute atomic E-state index is 0.200. The number of nitrogens with one attached hydrogen (secondary N) is 1. The molecule has 2 aromatic rings. The molecule has 0 radical (unpaired) electrons. The number of aryl methyl sites for hydroxylation is 1. The van der Waals surface area contributed by atoms with Gasteiger partial charge in [-0.05, 0) is 49.3 Å². The van der Waals surface area contributed by atoms with Gasteiger partial charge in [0.05, 0.1) is 10.5 Å². The Morgan fingerprint density at radius 2 is 1.62 bits per heavy atom. The van der Waals surface area contributed by atoms with E-state index in [9.17, 15) is 44.3 Å². The molecule has 0 aliphatic carbocycles. The van der Waals surface area contributed by atoms with Gasteiger partial charge in [0.15, 0.2) is 12.1 Å². The van der Waals surface area contributed by atoms with Crippen LogP contribution in [0.5, 0.6) is 0 Å². The zero-order valence-electron chi connectivity index (χ0n) is 20.3. The number of pyridine rings is 1. The Kier molecular flexibility index (Phi) is 10.5. The van der Waals surface area contributed by atoms with Crippen molar-refractivity contribution in [3.8, 4) is 0 Å². The summed E-state index contributed by atoms with van der Waals surface area (Å²) in [4.78, 5) is 38.2. The number of oxime groups is 1. The highest BCUT2D eigenvalue weighted by Crippen LogP contribution is 2.30. The van der Waals surface area contributed by atoms with Crippen LogP contribution in [-0.4, -0.2) is 48.2 Å². The van der Waals surface area contributed by atoms with Gasteiger partial charge in [-0.3, -0.25) is 18.9 Å². The molecular formula is C20H22F6N6O7S. The van der Waals surface area contributed by atoms with Crippen molar-refractivity contribution in [1.82, 2.24) is 4.57 Å². The molecule has 0 saturated carbocycles. The molecule has 40 heavy (non-hydrogen) atoms. The Morgan fingerprint density at radius 3 is 2.08 bits per heavy atom. The van der Waals surface area contributed by atoms with Crippen LogP contribution in [0.3, 0.4) is 0 Å². The number of alkyl halides is 6. The molecule has 2 unspecified atom stereocenters. The van der Waals surface area contributed by atoms with E-state index in [0.29, 0.717) is 12.1 Å². The van der Waals surface area contributed by atoms with Gasteiger partial charge in [-0.2, -0.15) is 26.3 Å². The number of aliphatic carboxylic acids is 1. The Morgan fingerprint density at radius 1 is 1.07 bits per heavy atom. The standard InChI is InChI=1S/C18H21F3N6O5S.C2HF3O2/c1-9-6-7-13(16(29)27(9)14(15(22)28)10(2)32-25-17(23)24)26-33(30,31)12-5-3-4-11(8-12)18(19,20)21;3-2(4,5)1(6)7/h3-8,10,14,26H,1-2H3,(H2,22,28)(H4,23,24,25);(H,6,7). The van der Waals surface area contributed by atoms with Crippen molar-refractivity contribution in [2.24, 2.45) is 22.4 Å². The van der Waals surface area contributed by atoms with E-state index in [0.717, 1.165) is 22.8 Å². The van der Waals surface area contributed by atoms with Crippen LogP contribution in [0, 0.1) is 6.92 Å². The number of hydrogen-bond acceptors (Lipinski definition) is 7. The third kappa shape index (κ3) is 9.06. The average Bonchev–Trinajstić information content (AvgIpc) is 2.81. The number of aromatic nitrogens is 1. The number of halogens is 6. The van der Waals surface area contributed by atoms with Crippen molar-refractivity contribution in [1.29, 1.82) is 0 Å². The van der Waals surface area contributed by atoms with Crippen LogP contribution < -0.4 is 27.5 Å². The molecule has 0 bridgehead atoms. The molecule has 222 valence electrons. The summed E-state index contributed by atoms with van der Waals surface area (Å²) in [6, 6.07) is 3.91. The van der Waals surface area contributed by atoms with Crippen molar-refractivity contribution in [2.45, 2.75) is 43.2 Å². The van der Waals surface area contributed by atoms with E-state index >= 15 is 0 Å². The van der Waals surface area contributed by atoms with E-state index < -0.39 is 74.1 Å². The highest BCUT2D eigenvalue weighted by molar-refractivity contribution is 7.92. The second-order valence-corrected chi connectivity index (χ2v) is 9.35. The maximum absolute atomic E-state index is 13.0. The molecule has 0 aliphatic heterocycles. The number of amides is 1. The molecule has 0 fully saturated rings. The van der Waals surface area contributed by atoms with Crippen LogP contribution in [0.4, 0.5) is 32.0 Å². The number of carbonyl (C=O) groups is 2. The molecule has 2 atom stereocenters. The monoisotopic (exact) mass is 604 g/mol. The van der Waals surface area contributed by atoms with Gasteiger partial charge in [0, 0.05) is 5.69 Å². The molecule has 1 amide bonds. The number of hydrogen-bond donors (Lipinski definition) is 5. The van der Waals surface area contributed by atoms with Crippen LogP contribution in [0.1, 0.15) is 24.2 Å². The number of nitrogens with two attached hydrogens (primary N) is 3. The largest absolute Gasteiger partial charge is 0.490 e. The summed E-state index contributed by atoms with van der Waals surface area (Å²) in [5, 5.41) is 10.4. The second-order valence-electron chi connectivity index (χ2n) is 7.67. The molecule has 0 spiro atoms. The molecule has 1 aromatic heterocycles. The lowest BCUT2D eigenvalue weighted by Crippen LogP contribution is -2.42. The Hall–Kier alpha value is -4.49. The first kappa shape index (κ1) is 33.5. The van der Waals surface area contributed by atoms with E-state index in [1.54, 1.807) is 0 Å². The van der Waals surface area contributed by atoms with E-state index in [4.69, 9.17) is 31.9 Å². The Bertz CT molecular complexity index is 1440.